The molecule has 0 radical (unpaired) electrons. The molecule has 2 unspecified atom stereocenters. The second-order valence-corrected chi connectivity index (χ2v) is 9.36. The van der Waals surface area contributed by atoms with Gasteiger partial charge in [0, 0.05) is 12.8 Å². The Hall–Kier alpha value is -1.77. The fourth-order valence-electron chi connectivity index (χ4n) is 3.67. The number of carbonyl (C=O) groups excluding carboxylic acids is 3. The molecular weight excluding hydrogens is 360 g/mol. The summed E-state index contributed by atoms with van der Waals surface area (Å²) in [4.78, 5) is 30.0. The van der Waals surface area contributed by atoms with Gasteiger partial charge in [0.15, 0.2) is 0 Å². The number of carbonyl (C=O) groups is 3. The highest BCUT2D eigenvalue weighted by molar-refractivity contribution is 5.71. The van der Waals surface area contributed by atoms with Crippen molar-refractivity contribution in [1.29, 1.82) is 0 Å². The van der Waals surface area contributed by atoms with Crippen LogP contribution < -0.4 is 0 Å². The van der Waals surface area contributed by atoms with Gasteiger partial charge in [0.25, 0.3) is 0 Å². The Morgan fingerprint density at radius 3 is 1.59 bits per heavy atom. The summed E-state index contributed by atoms with van der Waals surface area (Å²) in [6, 6.07) is 0. The Kier molecular flexibility index (Phi) is 11.9. The number of hydrogen-bond acceptors (Lipinski definition) is 3. The van der Waals surface area contributed by atoms with Crippen LogP contribution in [0.15, 0.2) is 34.9 Å². The molecule has 3 heteroatoms. The van der Waals surface area contributed by atoms with E-state index in [1.54, 1.807) is 0 Å². The van der Waals surface area contributed by atoms with Crippen molar-refractivity contribution in [2.24, 2.45) is 22.7 Å². The zero-order valence-corrected chi connectivity index (χ0v) is 19.9. The van der Waals surface area contributed by atoms with E-state index in [9.17, 15) is 14.4 Å². The van der Waals surface area contributed by atoms with Gasteiger partial charge in [-0.05, 0) is 68.3 Å². The molecule has 0 bridgehead atoms. The maximum atomic E-state index is 10.5. The fourth-order valence-corrected chi connectivity index (χ4v) is 3.67. The molecule has 164 valence electrons. The van der Waals surface area contributed by atoms with E-state index >= 15 is 0 Å². The van der Waals surface area contributed by atoms with Crippen molar-refractivity contribution >= 4 is 18.9 Å². The van der Waals surface area contributed by atoms with E-state index in [0.29, 0.717) is 30.1 Å². The lowest BCUT2D eigenvalue weighted by molar-refractivity contribution is -0.109. The second kappa shape index (κ2) is 12.7. The molecule has 0 aromatic carbocycles. The molecule has 3 nitrogen and oxygen atoms in total. The molecule has 0 spiro atoms. The normalized spacial score (nSPS) is 24.2. The maximum absolute atomic E-state index is 10.5. The third-order valence-corrected chi connectivity index (χ3v) is 6.95. The Bertz CT molecular complexity index is 632. The van der Waals surface area contributed by atoms with E-state index in [1.807, 2.05) is 13.8 Å². The summed E-state index contributed by atoms with van der Waals surface area (Å²) in [6.07, 6.45) is 14.1. The van der Waals surface area contributed by atoms with Gasteiger partial charge >= 0.3 is 0 Å². The summed E-state index contributed by atoms with van der Waals surface area (Å²) in [5.74, 6) is 1.21. The van der Waals surface area contributed by atoms with Crippen LogP contribution in [0.2, 0.25) is 0 Å². The predicted molar refractivity (Wildman–Crippen MR) is 123 cm³/mol. The summed E-state index contributed by atoms with van der Waals surface area (Å²) in [5.41, 5.74) is 4.33. The van der Waals surface area contributed by atoms with Gasteiger partial charge in [-0.2, -0.15) is 0 Å². The minimum Gasteiger partial charge on any atom is -0.303 e. The van der Waals surface area contributed by atoms with Gasteiger partial charge in [-0.15, -0.1) is 0 Å². The predicted octanol–water partition coefficient (Wildman–Crippen LogP) is 6.68. The molecule has 0 aliphatic heterocycles. The van der Waals surface area contributed by atoms with Crippen molar-refractivity contribution in [3.8, 4) is 0 Å². The first-order valence-electron chi connectivity index (χ1n) is 10.8. The summed E-state index contributed by atoms with van der Waals surface area (Å²) in [5, 5.41) is 0. The minimum atomic E-state index is 0.251. The smallest absolute Gasteiger partial charge is 0.145 e. The second-order valence-electron chi connectivity index (χ2n) is 9.36. The molecular formula is C26H42O3. The van der Waals surface area contributed by atoms with E-state index in [4.69, 9.17) is 0 Å². The lowest BCUT2D eigenvalue weighted by Crippen LogP contribution is -2.20. The van der Waals surface area contributed by atoms with Gasteiger partial charge in [-0.1, -0.05) is 64.0 Å². The summed E-state index contributed by atoms with van der Waals surface area (Å²) in [6.45, 7) is 17.1. The van der Waals surface area contributed by atoms with Crippen LogP contribution >= 0.6 is 0 Å². The SMILES string of the molecule is CC1=CCC(C/C=C(/C)C=O)C1(C)C.CC1=CCC(CC=O)C1(C)C.CCC=O. The lowest BCUT2D eigenvalue weighted by Gasteiger charge is -2.28. The van der Waals surface area contributed by atoms with E-state index in [2.05, 4.69) is 59.8 Å². The largest absolute Gasteiger partial charge is 0.303 e. The average Bonchev–Trinajstić information content (AvgIpc) is 3.09. The standard InChI is InChI=1S/C13H20O.C10H16O.C3H6O/c1-10(9-14)5-7-12-8-6-11(2)13(12,3)4;1-8-4-5-9(6-7-11)10(8,2)3;1-2-3-4/h5-6,9,12H,7-8H2,1-4H3;4,7,9H,5-6H2,1-3H3;3H,2H2,1H3/b10-5-;;. The van der Waals surface area contributed by atoms with Crippen LogP contribution in [-0.2, 0) is 14.4 Å². The van der Waals surface area contributed by atoms with Gasteiger partial charge in [-0.3, -0.25) is 4.79 Å². The van der Waals surface area contributed by atoms with Gasteiger partial charge in [0.1, 0.15) is 18.9 Å². The third kappa shape index (κ3) is 8.24. The van der Waals surface area contributed by atoms with E-state index in [0.717, 1.165) is 43.7 Å². The molecule has 0 fully saturated rings. The van der Waals surface area contributed by atoms with Crippen molar-refractivity contribution in [2.45, 2.75) is 87.5 Å². The van der Waals surface area contributed by atoms with Crippen molar-refractivity contribution < 1.29 is 14.4 Å². The first-order chi connectivity index (χ1) is 13.5. The zero-order chi connectivity index (χ0) is 22.7. The van der Waals surface area contributed by atoms with Crippen LogP contribution in [0.1, 0.15) is 87.5 Å². The van der Waals surface area contributed by atoms with Gasteiger partial charge in [0.05, 0.1) is 0 Å². The van der Waals surface area contributed by atoms with Gasteiger partial charge < -0.3 is 9.59 Å². The lowest BCUT2D eigenvalue weighted by atomic mass is 9.76. The molecule has 2 aliphatic rings. The Morgan fingerprint density at radius 1 is 0.897 bits per heavy atom. The highest BCUT2D eigenvalue weighted by Gasteiger charge is 2.34. The maximum Gasteiger partial charge on any atom is 0.145 e. The molecule has 0 aromatic heterocycles. The molecule has 2 atom stereocenters. The van der Waals surface area contributed by atoms with Crippen LogP contribution in [0.25, 0.3) is 0 Å². The van der Waals surface area contributed by atoms with E-state index in [1.165, 1.54) is 11.1 Å². The van der Waals surface area contributed by atoms with Crippen LogP contribution in [0.4, 0.5) is 0 Å². The highest BCUT2D eigenvalue weighted by Crippen LogP contribution is 2.45. The number of rotatable bonds is 6. The van der Waals surface area contributed by atoms with E-state index in [-0.39, 0.29) is 5.41 Å². The molecule has 0 aromatic rings. The van der Waals surface area contributed by atoms with Crippen LogP contribution in [0.3, 0.4) is 0 Å². The summed E-state index contributed by atoms with van der Waals surface area (Å²) < 4.78 is 0. The molecule has 2 rings (SSSR count). The number of aldehydes is 3. The molecule has 0 amide bonds. The minimum absolute atomic E-state index is 0.251. The van der Waals surface area contributed by atoms with Crippen LogP contribution in [0.5, 0.6) is 0 Å². The Labute approximate surface area is 178 Å². The Morgan fingerprint density at radius 2 is 1.31 bits per heavy atom. The average molecular weight is 403 g/mol. The molecule has 29 heavy (non-hydrogen) atoms. The molecule has 2 aliphatic carbocycles. The highest BCUT2D eigenvalue weighted by atomic mass is 16.1. The van der Waals surface area contributed by atoms with E-state index < -0.39 is 0 Å². The van der Waals surface area contributed by atoms with Crippen molar-refractivity contribution in [1.82, 2.24) is 0 Å². The number of hydrogen-bond donors (Lipinski definition) is 0. The Balaban J connectivity index is 0.000000466. The summed E-state index contributed by atoms with van der Waals surface area (Å²) in [7, 11) is 0. The first kappa shape index (κ1) is 27.2. The molecule has 0 N–H and O–H groups in total. The fraction of sp³-hybridized carbons (Fsp3) is 0.654. The van der Waals surface area contributed by atoms with Crippen molar-refractivity contribution in [2.75, 3.05) is 0 Å². The quantitative estimate of drug-likeness (QED) is 0.283. The third-order valence-electron chi connectivity index (χ3n) is 6.95. The molecule has 0 saturated carbocycles. The first-order valence-corrected chi connectivity index (χ1v) is 10.8. The van der Waals surface area contributed by atoms with Gasteiger partial charge in [-0.25, -0.2) is 0 Å². The molecule has 0 saturated heterocycles. The van der Waals surface area contributed by atoms with Crippen molar-refractivity contribution in [3.05, 3.63) is 34.9 Å². The monoisotopic (exact) mass is 402 g/mol. The summed E-state index contributed by atoms with van der Waals surface area (Å²) >= 11 is 0. The zero-order valence-electron chi connectivity index (χ0n) is 19.9. The van der Waals surface area contributed by atoms with Gasteiger partial charge in [0.2, 0.25) is 0 Å². The topological polar surface area (TPSA) is 51.2 Å². The number of allylic oxidation sites excluding steroid dienone is 6. The van der Waals surface area contributed by atoms with Crippen molar-refractivity contribution in [3.63, 3.8) is 0 Å². The van der Waals surface area contributed by atoms with Crippen LogP contribution in [0, 0.1) is 22.7 Å². The van der Waals surface area contributed by atoms with Crippen LogP contribution in [-0.4, -0.2) is 18.9 Å². The molecule has 0 heterocycles.